The van der Waals surface area contributed by atoms with Crippen LogP contribution >= 0.6 is 0 Å². The Labute approximate surface area is 122 Å². The van der Waals surface area contributed by atoms with Crippen LogP contribution in [0.3, 0.4) is 0 Å². The van der Waals surface area contributed by atoms with Crippen LogP contribution in [0.25, 0.3) is 0 Å². The molecule has 0 spiro atoms. The molecule has 2 rings (SSSR count). The summed E-state index contributed by atoms with van der Waals surface area (Å²) in [6.07, 6.45) is 9.40. The van der Waals surface area contributed by atoms with E-state index in [4.69, 9.17) is 11.5 Å². The first-order valence-corrected chi connectivity index (χ1v) is 7.44. The largest absolute Gasteiger partial charge is 0.396 e. The monoisotopic (exact) mass is 272 g/mol. The van der Waals surface area contributed by atoms with Gasteiger partial charge in [-0.05, 0) is 43.4 Å². The zero-order chi connectivity index (χ0) is 14.2. The Hall–Kier alpha value is -1.50. The van der Waals surface area contributed by atoms with E-state index in [0.29, 0.717) is 6.04 Å². The molecule has 20 heavy (non-hydrogen) atoms. The van der Waals surface area contributed by atoms with Crippen molar-refractivity contribution in [2.75, 3.05) is 31.6 Å². The predicted octanol–water partition coefficient (Wildman–Crippen LogP) is 2.12. The first kappa shape index (κ1) is 14.9. The lowest BCUT2D eigenvalue weighted by atomic mass is 10.0. The highest BCUT2D eigenvalue weighted by molar-refractivity contribution is 5.46. The van der Waals surface area contributed by atoms with Crippen molar-refractivity contribution >= 4 is 5.69 Å². The Morgan fingerprint density at radius 1 is 1.35 bits per heavy atom. The van der Waals surface area contributed by atoms with Crippen molar-refractivity contribution in [2.45, 2.75) is 31.7 Å². The first-order valence-electron chi connectivity index (χ1n) is 7.44. The summed E-state index contributed by atoms with van der Waals surface area (Å²) in [4.78, 5) is 2.33. The number of aliphatic hydroxyl groups is 1. The van der Waals surface area contributed by atoms with E-state index in [2.05, 4.69) is 40.4 Å². The van der Waals surface area contributed by atoms with Crippen LogP contribution in [0.1, 0.15) is 24.8 Å². The molecule has 1 aromatic carbocycles. The quantitative estimate of drug-likeness (QED) is 0.779. The fraction of sp³-hybridized carbons (Fsp3) is 0.529. The van der Waals surface area contributed by atoms with E-state index >= 15 is 0 Å². The lowest BCUT2D eigenvalue weighted by molar-refractivity contribution is 0.243. The van der Waals surface area contributed by atoms with Crippen molar-refractivity contribution in [2.24, 2.45) is 0 Å². The predicted molar refractivity (Wildman–Crippen MR) is 83.8 cm³/mol. The van der Waals surface area contributed by atoms with Crippen molar-refractivity contribution in [1.29, 1.82) is 0 Å². The van der Waals surface area contributed by atoms with Gasteiger partial charge in [0.1, 0.15) is 0 Å². The van der Waals surface area contributed by atoms with E-state index in [0.717, 1.165) is 45.3 Å². The maximum atomic E-state index is 8.89. The maximum absolute atomic E-state index is 8.89. The SMILES string of the molecule is C#CCN1CCC(Nc2cccc(CCCO)c2)CC1. The van der Waals surface area contributed by atoms with Gasteiger partial charge in [0.05, 0.1) is 6.54 Å². The van der Waals surface area contributed by atoms with E-state index in [-0.39, 0.29) is 6.61 Å². The lowest BCUT2D eigenvalue weighted by Crippen LogP contribution is -2.39. The molecule has 108 valence electrons. The summed E-state index contributed by atoms with van der Waals surface area (Å²) in [5.74, 6) is 2.71. The van der Waals surface area contributed by atoms with E-state index in [1.165, 1.54) is 11.3 Å². The molecule has 2 N–H and O–H groups in total. The van der Waals surface area contributed by atoms with Crippen LogP contribution in [-0.2, 0) is 6.42 Å². The van der Waals surface area contributed by atoms with Crippen LogP contribution in [0.15, 0.2) is 24.3 Å². The highest BCUT2D eigenvalue weighted by Gasteiger charge is 2.18. The summed E-state index contributed by atoms with van der Waals surface area (Å²) in [5, 5.41) is 12.5. The van der Waals surface area contributed by atoms with Crippen molar-refractivity contribution in [3.63, 3.8) is 0 Å². The van der Waals surface area contributed by atoms with Gasteiger partial charge in [0.2, 0.25) is 0 Å². The Kier molecular flexibility index (Phi) is 5.91. The zero-order valence-corrected chi connectivity index (χ0v) is 12.0. The molecule has 0 aliphatic carbocycles. The van der Waals surface area contributed by atoms with Gasteiger partial charge in [0.15, 0.2) is 0 Å². The molecule has 1 saturated heterocycles. The van der Waals surface area contributed by atoms with Crippen molar-refractivity contribution in [3.8, 4) is 12.3 Å². The third-order valence-corrected chi connectivity index (χ3v) is 3.82. The summed E-state index contributed by atoms with van der Waals surface area (Å²) < 4.78 is 0. The van der Waals surface area contributed by atoms with Gasteiger partial charge in [-0.2, -0.15) is 0 Å². The van der Waals surface area contributed by atoms with Crippen LogP contribution in [0.5, 0.6) is 0 Å². The van der Waals surface area contributed by atoms with Gasteiger partial charge in [-0.15, -0.1) is 6.42 Å². The molecule has 1 aromatic rings. The molecule has 0 saturated carbocycles. The normalized spacial score (nSPS) is 16.8. The van der Waals surface area contributed by atoms with Crippen molar-refractivity contribution < 1.29 is 5.11 Å². The molecular formula is C17H24N2O. The molecule has 1 fully saturated rings. The molecule has 0 aromatic heterocycles. The zero-order valence-electron chi connectivity index (χ0n) is 12.0. The summed E-state index contributed by atoms with van der Waals surface area (Å²) in [5.41, 5.74) is 2.48. The highest BCUT2D eigenvalue weighted by atomic mass is 16.2. The summed E-state index contributed by atoms with van der Waals surface area (Å²) >= 11 is 0. The third kappa shape index (κ3) is 4.56. The lowest BCUT2D eigenvalue weighted by Gasteiger charge is -2.31. The second-order valence-corrected chi connectivity index (χ2v) is 5.43. The fourth-order valence-electron chi connectivity index (χ4n) is 2.70. The molecular weight excluding hydrogens is 248 g/mol. The Morgan fingerprint density at radius 2 is 2.15 bits per heavy atom. The molecule has 1 heterocycles. The summed E-state index contributed by atoms with van der Waals surface area (Å²) in [7, 11) is 0. The molecule has 0 unspecified atom stereocenters. The van der Waals surface area contributed by atoms with Gasteiger partial charge in [0, 0.05) is 31.4 Å². The van der Waals surface area contributed by atoms with Gasteiger partial charge >= 0.3 is 0 Å². The van der Waals surface area contributed by atoms with Crippen molar-refractivity contribution in [3.05, 3.63) is 29.8 Å². The minimum absolute atomic E-state index is 0.255. The average Bonchev–Trinajstić information content (AvgIpc) is 2.48. The van der Waals surface area contributed by atoms with Gasteiger partial charge in [-0.25, -0.2) is 0 Å². The molecule has 0 amide bonds. The fourth-order valence-corrected chi connectivity index (χ4v) is 2.70. The number of terminal acetylenes is 1. The number of aryl methyl sites for hydroxylation is 1. The van der Waals surface area contributed by atoms with Gasteiger partial charge in [-0.1, -0.05) is 18.1 Å². The van der Waals surface area contributed by atoms with E-state index in [1.807, 2.05) is 0 Å². The molecule has 0 radical (unpaired) electrons. The Morgan fingerprint density at radius 3 is 2.85 bits per heavy atom. The second-order valence-electron chi connectivity index (χ2n) is 5.43. The van der Waals surface area contributed by atoms with Crippen LogP contribution in [0.4, 0.5) is 5.69 Å². The second kappa shape index (κ2) is 7.94. The van der Waals surface area contributed by atoms with Gasteiger partial charge in [-0.3, -0.25) is 4.90 Å². The number of nitrogens with one attached hydrogen (secondary N) is 1. The maximum Gasteiger partial charge on any atom is 0.0598 e. The van der Waals surface area contributed by atoms with Gasteiger partial charge in [0.25, 0.3) is 0 Å². The number of aliphatic hydroxyl groups excluding tert-OH is 1. The number of hydrogen-bond donors (Lipinski definition) is 2. The number of anilines is 1. The molecule has 1 aliphatic heterocycles. The Bertz CT molecular complexity index is 445. The van der Waals surface area contributed by atoms with E-state index < -0.39 is 0 Å². The highest BCUT2D eigenvalue weighted by Crippen LogP contribution is 2.18. The molecule has 3 heteroatoms. The van der Waals surface area contributed by atoms with Crippen LogP contribution in [0, 0.1) is 12.3 Å². The molecule has 1 aliphatic rings. The molecule has 0 bridgehead atoms. The average molecular weight is 272 g/mol. The number of hydrogen-bond acceptors (Lipinski definition) is 3. The molecule has 0 atom stereocenters. The number of piperidine rings is 1. The van der Waals surface area contributed by atoms with E-state index in [9.17, 15) is 0 Å². The minimum Gasteiger partial charge on any atom is -0.396 e. The number of benzene rings is 1. The smallest absolute Gasteiger partial charge is 0.0598 e. The standard InChI is InChI=1S/C17H24N2O/c1-2-10-19-11-8-16(9-12-19)18-17-7-3-5-15(14-17)6-4-13-20/h1,3,5,7,14,16,18,20H,4,6,8-13H2. The summed E-state index contributed by atoms with van der Waals surface area (Å²) in [6.45, 7) is 3.17. The van der Waals surface area contributed by atoms with Gasteiger partial charge < -0.3 is 10.4 Å². The van der Waals surface area contributed by atoms with E-state index in [1.54, 1.807) is 0 Å². The number of nitrogens with zero attached hydrogens (tertiary/aromatic N) is 1. The molecule has 3 nitrogen and oxygen atoms in total. The first-order chi connectivity index (χ1) is 9.81. The van der Waals surface area contributed by atoms with Crippen LogP contribution in [0.2, 0.25) is 0 Å². The van der Waals surface area contributed by atoms with Crippen LogP contribution in [-0.4, -0.2) is 42.3 Å². The van der Waals surface area contributed by atoms with Crippen molar-refractivity contribution in [1.82, 2.24) is 4.90 Å². The van der Waals surface area contributed by atoms with Crippen LogP contribution < -0.4 is 5.32 Å². The number of rotatable bonds is 6. The third-order valence-electron chi connectivity index (χ3n) is 3.82. The topological polar surface area (TPSA) is 35.5 Å². The minimum atomic E-state index is 0.255. The Balaban J connectivity index is 1.83. The summed E-state index contributed by atoms with van der Waals surface area (Å²) in [6, 6.07) is 9.07. The number of likely N-dealkylation sites (tertiary alicyclic amines) is 1.